The van der Waals surface area contributed by atoms with Gasteiger partial charge in [0.05, 0.1) is 20.8 Å². The lowest BCUT2D eigenvalue weighted by Gasteiger charge is -2.09. The van der Waals surface area contributed by atoms with Crippen molar-refractivity contribution in [3.8, 4) is 0 Å². The van der Waals surface area contributed by atoms with Crippen molar-refractivity contribution >= 4 is 49.7 Å². The summed E-state index contributed by atoms with van der Waals surface area (Å²) in [6.07, 6.45) is 1.07. The van der Waals surface area contributed by atoms with E-state index in [1.54, 1.807) is 0 Å². The lowest BCUT2D eigenvalue weighted by atomic mass is 10.3. The molecule has 0 saturated carbocycles. The molecule has 0 aliphatic carbocycles. The second-order valence-electron chi connectivity index (χ2n) is 5.54. The van der Waals surface area contributed by atoms with Crippen LogP contribution in [0.1, 0.15) is 0 Å². The molecule has 0 spiro atoms. The monoisotopic (exact) mass is 400 g/mol. The third-order valence-electron chi connectivity index (χ3n) is 3.71. The first kappa shape index (κ1) is 17.7. The Morgan fingerprint density at radius 3 is 2.54 bits per heavy atom. The number of nitrogens with one attached hydrogen (secondary N) is 2. The predicted octanol–water partition coefficient (Wildman–Crippen LogP) is 4.76. The fourth-order valence-electron chi connectivity index (χ4n) is 2.48. The van der Waals surface area contributed by atoms with E-state index in [-0.39, 0.29) is 17.3 Å². The maximum Gasteiger partial charge on any atom is 0.353 e. The zero-order valence-corrected chi connectivity index (χ0v) is 14.7. The highest BCUT2D eigenvalue weighted by Crippen LogP contribution is 2.35. The van der Waals surface area contributed by atoms with Crippen LogP contribution in [0.2, 0.25) is 0 Å². The molecule has 28 heavy (non-hydrogen) atoms. The standard InChI is InChI=1S/C17H10F2N6O2S/c18-9-5-6-10(19)12(7-9)22-15-14(25(26)27)16(21-8-20-15)24-17-23-11-3-1-2-4-13(11)28-17/h1-8H,(H2,20,21,22,23,24). The Hall–Kier alpha value is -3.73. The number of halogens is 2. The van der Waals surface area contributed by atoms with E-state index >= 15 is 0 Å². The van der Waals surface area contributed by atoms with Crippen LogP contribution in [0.3, 0.4) is 0 Å². The first-order valence-electron chi connectivity index (χ1n) is 7.85. The van der Waals surface area contributed by atoms with Gasteiger partial charge in [-0.2, -0.15) is 0 Å². The molecule has 2 N–H and O–H groups in total. The highest BCUT2D eigenvalue weighted by molar-refractivity contribution is 7.22. The van der Waals surface area contributed by atoms with Crippen molar-refractivity contribution in [3.63, 3.8) is 0 Å². The van der Waals surface area contributed by atoms with Crippen molar-refractivity contribution in [1.29, 1.82) is 0 Å². The van der Waals surface area contributed by atoms with Crippen molar-refractivity contribution in [1.82, 2.24) is 15.0 Å². The van der Waals surface area contributed by atoms with Gasteiger partial charge < -0.3 is 10.6 Å². The number of rotatable bonds is 5. The van der Waals surface area contributed by atoms with E-state index in [2.05, 4.69) is 25.6 Å². The quantitative estimate of drug-likeness (QED) is 0.367. The highest BCUT2D eigenvalue weighted by atomic mass is 32.1. The molecule has 4 rings (SSSR count). The minimum atomic E-state index is -0.782. The number of fused-ring (bicyclic) bond motifs is 1. The molecule has 0 bridgehead atoms. The lowest BCUT2D eigenvalue weighted by Crippen LogP contribution is -2.06. The van der Waals surface area contributed by atoms with Crippen molar-refractivity contribution in [3.05, 3.63) is 70.5 Å². The molecule has 8 nitrogen and oxygen atoms in total. The van der Waals surface area contributed by atoms with Crippen molar-refractivity contribution in [2.24, 2.45) is 0 Å². The van der Waals surface area contributed by atoms with Crippen LogP contribution in [0, 0.1) is 21.7 Å². The topological polar surface area (TPSA) is 106 Å². The fourth-order valence-corrected chi connectivity index (χ4v) is 3.35. The molecule has 0 aliphatic heterocycles. The average molecular weight is 400 g/mol. The predicted molar refractivity (Wildman–Crippen MR) is 101 cm³/mol. The van der Waals surface area contributed by atoms with E-state index < -0.39 is 22.2 Å². The molecule has 0 saturated heterocycles. The Kier molecular flexibility index (Phi) is 4.49. The SMILES string of the molecule is O=[N+]([O-])c1c(Nc2nc3ccccc3s2)ncnc1Nc1cc(F)ccc1F. The minimum absolute atomic E-state index is 0.127. The van der Waals surface area contributed by atoms with Crippen LogP contribution in [0.25, 0.3) is 10.2 Å². The molecular weight excluding hydrogens is 390 g/mol. The third-order valence-corrected chi connectivity index (χ3v) is 4.66. The van der Waals surface area contributed by atoms with Gasteiger partial charge in [0.15, 0.2) is 5.13 Å². The molecule has 140 valence electrons. The van der Waals surface area contributed by atoms with E-state index in [9.17, 15) is 18.9 Å². The Bertz CT molecular complexity index is 1170. The first-order valence-corrected chi connectivity index (χ1v) is 8.67. The number of para-hydroxylation sites is 1. The van der Waals surface area contributed by atoms with Gasteiger partial charge in [-0.1, -0.05) is 23.5 Å². The summed E-state index contributed by atoms with van der Waals surface area (Å²) in [5, 5.41) is 17.3. The lowest BCUT2D eigenvalue weighted by molar-refractivity contribution is -0.383. The summed E-state index contributed by atoms with van der Waals surface area (Å²) >= 11 is 1.29. The number of hydrogen-bond donors (Lipinski definition) is 2. The van der Waals surface area contributed by atoms with E-state index in [1.165, 1.54) is 11.3 Å². The highest BCUT2D eigenvalue weighted by Gasteiger charge is 2.25. The molecule has 11 heteroatoms. The summed E-state index contributed by atoms with van der Waals surface area (Å²) in [6, 6.07) is 10.1. The van der Waals surface area contributed by atoms with Crippen LogP contribution in [0.5, 0.6) is 0 Å². The van der Waals surface area contributed by atoms with Crippen LogP contribution >= 0.6 is 11.3 Å². The molecule has 0 amide bonds. The van der Waals surface area contributed by atoms with Gasteiger partial charge in [-0.3, -0.25) is 10.1 Å². The van der Waals surface area contributed by atoms with E-state index in [1.807, 2.05) is 24.3 Å². The number of hydrogen-bond acceptors (Lipinski definition) is 8. The second-order valence-corrected chi connectivity index (χ2v) is 6.57. The van der Waals surface area contributed by atoms with E-state index in [0.717, 1.165) is 34.7 Å². The van der Waals surface area contributed by atoms with Gasteiger partial charge in [0, 0.05) is 6.07 Å². The van der Waals surface area contributed by atoms with Crippen LogP contribution in [-0.2, 0) is 0 Å². The molecule has 2 heterocycles. The molecule has 0 aliphatic rings. The van der Waals surface area contributed by atoms with Gasteiger partial charge in [0.25, 0.3) is 0 Å². The Morgan fingerprint density at radius 1 is 1.04 bits per heavy atom. The van der Waals surface area contributed by atoms with Gasteiger partial charge >= 0.3 is 5.69 Å². The summed E-state index contributed by atoms with van der Waals surface area (Å²) in [4.78, 5) is 22.9. The smallest absolute Gasteiger partial charge is 0.332 e. The fraction of sp³-hybridized carbons (Fsp3) is 0. The summed E-state index contributed by atoms with van der Waals surface area (Å²) in [6.45, 7) is 0. The van der Waals surface area contributed by atoms with Crippen molar-refractivity contribution < 1.29 is 13.7 Å². The van der Waals surface area contributed by atoms with Crippen LogP contribution < -0.4 is 10.6 Å². The van der Waals surface area contributed by atoms with Gasteiger partial charge in [0.2, 0.25) is 11.6 Å². The molecule has 0 unspecified atom stereocenters. The zero-order chi connectivity index (χ0) is 19.7. The second kappa shape index (κ2) is 7.12. The maximum atomic E-state index is 13.9. The zero-order valence-electron chi connectivity index (χ0n) is 13.9. The normalized spacial score (nSPS) is 10.8. The number of thiazole rings is 1. The molecule has 0 fully saturated rings. The van der Waals surface area contributed by atoms with Crippen LogP contribution in [-0.4, -0.2) is 19.9 Å². The summed E-state index contributed by atoms with van der Waals surface area (Å²) < 4.78 is 28.2. The van der Waals surface area contributed by atoms with Crippen LogP contribution in [0.15, 0.2) is 48.8 Å². The molecule has 0 radical (unpaired) electrons. The molecule has 2 aromatic heterocycles. The summed E-state index contributed by atoms with van der Waals surface area (Å²) in [7, 11) is 0. The largest absolute Gasteiger partial charge is 0.353 e. The summed E-state index contributed by atoms with van der Waals surface area (Å²) in [5.74, 6) is -1.89. The van der Waals surface area contributed by atoms with Gasteiger partial charge in [-0.05, 0) is 24.3 Å². The number of benzene rings is 2. The average Bonchev–Trinajstić information content (AvgIpc) is 3.07. The third kappa shape index (κ3) is 3.42. The van der Waals surface area contributed by atoms with Crippen molar-refractivity contribution in [2.45, 2.75) is 0 Å². The first-order chi connectivity index (χ1) is 13.5. The van der Waals surface area contributed by atoms with Gasteiger partial charge in [-0.15, -0.1) is 0 Å². The molecular formula is C17H10F2N6O2S. The Balaban J connectivity index is 1.73. The molecule has 4 aromatic rings. The Morgan fingerprint density at radius 2 is 1.79 bits per heavy atom. The van der Waals surface area contributed by atoms with Gasteiger partial charge in [0.1, 0.15) is 18.0 Å². The van der Waals surface area contributed by atoms with E-state index in [4.69, 9.17) is 0 Å². The minimum Gasteiger partial charge on any atom is -0.332 e. The molecule has 2 aromatic carbocycles. The molecule has 0 atom stereocenters. The van der Waals surface area contributed by atoms with Crippen molar-refractivity contribution in [2.75, 3.05) is 10.6 Å². The summed E-state index contributed by atoms with van der Waals surface area (Å²) in [5.41, 5.74) is -0.0787. The van der Waals surface area contributed by atoms with Crippen LogP contribution in [0.4, 0.5) is 36.9 Å². The maximum absolute atomic E-state index is 13.9. The number of anilines is 4. The number of aromatic nitrogens is 3. The number of nitrogens with zero attached hydrogens (tertiary/aromatic N) is 4. The Labute approximate surface area is 160 Å². The van der Waals surface area contributed by atoms with Gasteiger partial charge in [-0.25, -0.2) is 23.7 Å². The van der Waals surface area contributed by atoms with E-state index in [0.29, 0.717) is 5.13 Å². The number of nitro groups is 1.